The van der Waals surface area contributed by atoms with Gasteiger partial charge in [-0.3, -0.25) is 4.79 Å². The molecular formula is C12H18Cl2N2O2. The Morgan fingerprint density at radius 1 is 1.50 bits per heavy atom. The van der Waals surface area contributed by atoms with Crippen molar-refractivity contribution in [2.45, 2.75) is 26.3 Å². The average Bonchev–Trinajstić information content (AvgIpc) is 2.56. The maximum absolute atomic E-state index is 12.1. The molecule has 0 radical (unpaired) electrons. The smallest absolute Gasteiger partial charge is 0.268 e. The largest absolute Gasteiger partial charge is 0.396 e. The quantitative estimate of drug-likeness (QED) is 0.876. The average molecular weight is 293 g/mol. The third-order valence-electron chi connectivity index (χ3n) is 2.91. The van der Waals surface area contributed by atoms with Gasteiger partial charge in [0.05, 0.1) is 5.02 Å². The summed E-state index contributed by atoms with van der Waals surface area (Å²) in [5.41, 5.74) is 0.411. The van der Waals surface area contributed by atoms with Crippen molar-refractivity contribution in [3.63, 3.8) is 0 Å². The molecule has 0 saturated carbocycles. The van der Waals surface area contributed by atoms with Crippen LogP contribution in [0.25, 0.3) is 0 Å². The Morgan fingerprint density at radius 2 is 2.11 bits per heavy atom. The van der Waals surface area contributed by atoms with Crippen LogP contribution in [0.5, 0.6) is 0 Å². The highest BCUT2D eigenvalue weighted by atomic mass is 35.5. The molecule has 2 N–H and O–H groups in total. The summed E-state index contributed by atoms with van der Waals surface area (Å²) in [4.78, 5) is 12.1. The summed E-state index contributed by atoms with van der Waals surface area (Å²) in [5.74, 6) is 0.00534. The minimum atomic E-state index is -0.238. The van der Waals surface area contributed by atoms with E-state index in [2.05, 4.69) is 5.32 Å². The van der Waals surface area contributed by atoms with Crippen LogP contribution in [0.2, 0.25) is 10.2 Å². The molecule has 1 rings (SSSR count). The first-order chi connectivity index (χ1) is 8.38. The Morgan fingerprint density at radius 3 is 2.50 bits per heavy atom. The zero-order chi connectivity index (χ0) is 13.9. The predicted octanol–water partition coefficient (Wildman–Crippen LogP) is 2.47. The second-order valence-electron chi connectivity index (χ2n) is 4.56. The number of amides is 1. The molecule has 0 fully saturated rings. The molecule has 0 bridgehead atoms. The number of nitrogens with one attached hydrogen (secondary N) is 1. The van der Waals surface area contributed by atoms with Crippen molar-refractivity contribution in [1.82, 2.24) is 9.88 Å². The SMILES string of the molecule is CC(C)C(CCO)NC(=O)c1cc(Cl)c(Cl)n1C. The number of hydrogen-bond donors (Lipinski definition) is 2. The third-order valence-corrected chi connectivity index (χ3v) is 3.75. The first-order valence-corrected chi connectivity index (χ1v) is 6.56. The maximum atomic E-state index is 12.1. The lowest BCUT2D eigenvalue weighted by Gasteiger charge is -2.21. The van der Waals surface area contributed by atoms with Gasteiger partial charge in [0.1, 0.15) is 10.8 Å². The van der Waals surface area contributed by atoms with E-state index in [-0.39, 0.29) is 24.5 Å². The van der Waals surface area contributed by atoms with Crippen LogP contribution in [0.3, 0.4) is 0 Å². The first kappa shape index (κ1) is 15.3. The zero-order valence-electron chi connectivity index (χ0n) is 10.7. The molecule has 0 spiro atoms. The molecule has 1 amide bonds. The van der Waals surface area contributed by atoms with Crippen molar-refractivity contribution in [3.05, 3.63) is 21.9 Å². The Kier molecular flexibility index (Phi) is 5.50. The third kappa shape index (κ3) is 3.40. The second-order valence-corrected chi connectivity index (χ2v) is 5.33. The van der Waals surface area contributed by atoms with Gasteiger partial charge in [-0.1, -0.05) is 37.0 Å². The predicted molar refractivity (Wildman–Crippen MR) is 73.2 cm³/mol. The molecule has 1 heterocycles. The Balaban J connectivity index is 2.84. The summed E-state index contributed by atoms with van der Waals surface area (Å²) >= 11 is 11.8. The van der Waals surface area contributed by atoms with Crippen LogP contribution in [0, 0.1) is 5.92 Å². The molecule has 4 nitrogen and oxygen atoms in total. The van der Waals surface area contributed by atoms with Gasteiger partial charge in [-0.2, -0.15) is 0 Å². The van der Waals surface area contributed by atoms with Gasteiger partial charge >= 0.3 is 0 Å². The molecule has 0 aliphatic heterocycles. The number of nitrogens with zero attached hydrogens (tertiary/aromatic N) is 1. The fraction of sp³-hybridized carbons (Fsp3) is 0.583. The Bertz CT molecular complexity index is 430. The molecule has 0 aromatic carbocycles. The number of carbonyl (C=O) groups excluding carboxylic acids is 1. The van der Waals surface area contributed by atoms with Gasteiger partial charge in [-0.05, 0) is 18.4 Å². The molecular weight excluding hydrogens is 275 g/mol. The van der Waals surface area contributed by atoms with Crippen molar-refractivity contribution >= 4 is 29.1 Å². The lowest BCUT2D eigenvalue weighted by atomic mass is 10.0. The molecule has 6 heteroatoms. The first-order valence-electron chi connectivity index (χ1n) is 5.81. The summed E-state index contributed by atoms with van der Waals surface area (Å²) in [6, 6.07) is 1.46. The highest BCUT2D eigenvalue weighted by Crippen LogP contribution is 2.25. The van der Waals surface area contributed by atoms with E-state index in [0.717, 1.165) is 0 Å². The van der Waals surface area contributed by atoms with Crippen molar-refractivity contribution < 1.29 is 9.90 Å². The number of rotatable bonds is 5. The van der Waals surface area contributed by atoms with E-state index >= 15 is 0 Å². The van der Waals surface area contributed by atoms with Crippen molar-refractivity contribution in [3.8, 4) is 0 Å². The molecule has 1 unspecified atom stereocenters. The molecule has 0 aliphatic carbocycles. The van der Waals surface area contributed by atoms with Crippen LogP contribution in [0.1, 0.15) is 30.8 Å². The van der Waals surface area contributed by atoms with Gasteiger partial charge in [-0.15, -0.1) is 0 Å². The van der Waals surface area contributed by atoms with Crippen LogP contribution in [0.15, 0.2) is 6.07 Å². The van der Waals surface area contributed by atoms with Crippen LogP contribution in [-0.2, 0) is 7.05 Å². The summed E-state index contributed by atoms with van der Waals surface area (Å²) in [5, 5.41) is 12.5. The van der Waals surface area contributed by atoms with E-state index in [1.165, 1.54) is 10.6 Å². The number of hydrogen-bond acceptors (Lipinski definition) is 2. The fourth-order valence-corrected chi connectivity index (χ4v) is 2.09. The van der Waals surface area contributed by atoms with Crippen LogP contribution in [-0.4, -0.2) is 28.2 Å². The van der Waals surface area contributed by atoms with E-state index in [1.54, 1.807) is 7.05 Å². The van der Waals surface area contributed by atoms with Gasteiger partial charge in [0.15, 0.2) is 0 Å². The van der Waals surface area contributed by atoms with E-state index in [1.807, 2.05) is 13.8 Å². The van der Waals surface area contributed by atoms with Gasteiger partial charge in [0.2, 0.25) is 0 Å². The Labute approximate surface area is 117 Å². The minimum Gasteiger partial charge on any atom is -0.396 e. The molecule has 0 aliphatic rings. The number of aliphatic hydroxyl groups excluding tert-OH is 1. The van der Waals surface area contributed by atoms with Gasteiger partial charge < -0.3 is 15.0 Å². The maximum Gasteiger partial charge on any atom is 0.268 e. The summed E-state index contributed by atoms with van der Waals surface area (Å²) in [6.45, 7) is 4.02. The van der Waals surface area contributed by atoms with E-state index in [0.29, 0.717) is 22.3 Å². The monoisotopic (exact) mass is 292 g/mol. The summed E-state index contributed by atoms with van der Waals surface area (Å²) in [7, 11) is 1.68. The van der Waals surface area contributed by atoms with E-state index < -0.39 is 0 Å². The molecule has 18 heavy (non-hydrogen) atoms. The summed E-state index contributed by atoms with van der Waals surface area (Å²) < 4.78 is 1.54. The number of aliphatic hydroxyl groups is 1. The minimum absolute atomic E-state index is 0.0395. The van der Waals surface area contributed by atoms with Gasteiger partial charge in [0.25, 0.3) is 5.91 Å². The van der Waals surface area contributed by atoms with Crippen molar-refractivity contribution in [2.24, 2.45) is 13.0 Å². The van der Waals surface area contributed by atoms with E-state index in [9.17, 15) is 4.79 Å². The molecule has 1 atom stereocenters. The highest BCUT2D eigenvalue weighted by Gasteiger charge is 2.20. The molecule has 0 saturated heterocycles. The number of carbonyl (C=O) groups is 1. The zero-order valence-corrected chi connectivity index (χ0v) is 12.2. The molecule has 1 aromatic rings. The Hall–Kier alpha value is -0.710. The molecule has 102 valence electrons. The highest BCUT2D eigenvalue weighted by molar-refractivity contribution is 6.41. The number of aromatic nitrogens is 1. The van der Waals surface area contributed by atoms with Crippen LogP contribution in [0.4, 0.5) is 0 Å². The normalized spacial score (nSPS) is 12.8. The molecule has 1 aromatic heterocycles. The van der Waals surface area contributed by atoms with Gasteiger partial charge in [-0.25, -0.2) is 0 Å². The van der Waals surface area contributed by atoms with Crippen LogP contribution >= 0.6 is 23.2 Å². The van der Waals surface area contributed by atoms with Gasteiger partial charge in [0, 0.05) is 19.7 Å². The van der Waals surface area contributed by atoms with Crippen molar-refractivity contribution in [2.75, 3.05) is 6.61 Å². The number of halogens is 2. The standard InChI is InChI=1S/C12H18Cl2N2O2/c1-7(2)9(4-5-17)15-12(18)10-6-8(13)11(14)16(10)3/h6-7,9,17H,4-5H2,1-3H3,(H,15,18). The lowest BCUT2D eigenvalue weighted by Crippen LogP contribution is -2.39. The second kappa shape index (κ2) is 6.45. The topological polar surface area (TPSA) is 54.3 Å². The summed E-state index contributed by atoms with van der Waals surface area (Å²) in [6.07, 6.45) is 0.523. The lowest BCUT2D eigenvalue weighted by molar-refractivity contribution is 0.0908. The van der Waals surface area contributed by atoms with Crippen LogP contribution < -0.4 is 5.32 Å². The fourth-order valence-electron chi connectivity index (χ4n) is 1.71. The van der Waals surface area contributed by atoms with E-state index in [4.69, 9.17) is 28.3 Å². The van der Waals surface area contributed by atoms with Crippen molar-refractivity contribution in [1.29, 1.82) is 0 Å².